The van der Waals surface area contributed by atoms with E-state index in [1.54, 1.807) is 40.1 Å². The summed E-state index contributed by atoms with van der Waals surface area (Å²) in [5.74, 6) is -0.359. The van der Waals surface area contributed by atoms with E-state index in [1.807, 2.05) is 18.2 Å². The molecule has 1 amide bonds. The lowest BCUT2D eigenvalue weighted by Gasteiger charge is -2.37. The molecule has 0 spiro atoms. The van der Waals surface area contributed by atoms with Gasteiger partial charge in [-0.05, 0) is 29.7 Å². The molecule has 1 saturated heterocycles. The molecule has 0 aromatic heterocycles. The normalized spacial score (nSPS) is 14.9. The molecule has 10 heteroatoms. The number of hydrogen-bond donors (Lipinski definition) is 0. The van der Waals surface area contributed by atoms with Crippen molar-refractivity contribution in [2.45, 2.75) is 6.18 Å². The van der Waals surface area contributed by atoms with Crippen LogP contribution in [0.15, 0.2) is 66.7 Å². The zero-order valence-electron chi connectivity index (χ0n) is 18.5. The predicted octanol–water partition coefficient (Wildman–Crippen LogP) is 3.97. The van der Waals surface area contributed by atoms with Gasteiger partial charge >= 0.3 is 6.18 Å². The lowest BCUT2D eigenvalue weighted by atomic mass is 10.1. The summed E-state index contributed by atoms with van der Waals surface area (Å²) in [5, 5.41) is 1.58. The smallest absolute Gasteiger partial charge is 0.368 e. The molecule has 1 fully saturated rings. The molecule has 0 radical (unpaired) electrons. The Morgan fingerprint density at radius 1 is 0.941 bits per heavy atom. The average Bonchev–Trinajstić information content (AvgIpc) is 2.81. The fourth-order valence-corrected chi connectivity index (χ4v) is 4.98. The van der Waals surface area contributed by atoms with Gasteiger partial charge in [-0.2, -0.15) is 13.2 Å². The number of sulfonamides is 1. The topological polar surface area (TPSA) is 60.9 Å². The van der Waals surface area contributed by atoms with Gasteiger partial charge in [0, 0.05) is 37.3 Å². The van der Waals surface area contributed by atoms with Crippen LogP contribution in [0, 0.1) is 0 Å². The molecule has 1 heterocycles. The van der Waals surface area contributed by atoms with Gasteiger partial charge in [-0.15, -0.1) is 0 Å². The second-order valence-corrected chi connectivity index (χ2v) is 10.1. The Labute approximate surface area is 196 Å². The number of alkyl halides is 3. The Hall–Kier alpha value is -3.27. The third-order valence-electron chi connectivity index (χ3n) is 5.89. The van der Waals surface area contributed by atoms with Crippen molar-refractivity contribution in [2.75, 3.05) is 48.2 Å². The molecule has 0 saturated carbocycles. The molecular formula is C24H24F3N3O3S. The summed E-state index contributed by atoms with van der Waals surface area (Å²) in [7, 11) is -3.75. The highest BCUT2D eigenvalue weighted by molar-refractivity contribution is 7.92. The zero-order chi connectivity index (χ0) is 24.5. The molecule has 0 aliphatic carbocycles. The number of rotatable bonds is 5. The van der Waals surface area contributed by atoms with E-state index in [4.69, 9.17) is 0 Å². The summed E-state index contributed by atoms with van der Waals surface area (Å²) in [5.41, 5.74) is 0.148. The van der Waals surface area contributed by atoms with Gasteiger partial charge in [-0.3, -0.25) is 9.10 Å². The van der Waals surface area contributed by atoms with E-state index < -0.39 is 21.8 Å². The van der Waals surface area contributed by atoms with E-state index >= 15 is 0 Å². The van der Waals surface area contributed by atoms with Crippen molar-refractivity contribution in [3.05, 3.63) is 72.3 Å². The maximum Gasteiger partial charge on any atom is 0.416 e. The van der Waals surface area contributed by atoms with Crippen LogP contribution in [0.4, 0.5) is 24.5 Å². The Morgan fingerprint density at radius 3 is 2.26 bits per heavy atom. The molecule has 3 aromatic carbocycles. The Kier molecular flexibility index (Phi) is 6.44. The minimum absolute atomic E-state index is 0.280. The van der Waals surface area contributed by atoms with Crippen LogP contribution in [-0.4, -0.2) is 58.2 Å². The zero-order valence-corrected chi connectivity index (χ0v) is 19.3. The number of anilines is 2. The quantitative estimate of drug-likeness (QED) is 0.542. The van der Waals surface area contributed by atoms with E-state index in [2.05, 4.69) is 0 Å². The van der Waals surface area contributed by atoms with Crippen LogP contribution in [0.2, 0.25) is 0 Å². The fourth-order valence-electron chi connectivity index (χ4n) is 4.12. The molecule has 1 aliphatic heterocycles. The first-order valence-electron chi connectivity index (χ1n) is 10.7. The summed E-state index contributed by atoms with van der Waals surface area (Å²) in [6.07, 6.45) is -3.36. The third-order valence-corrected chi connectivity index (χ3v) is 7.01. The number of carbonyl (C=O) groups excluding carboxylic acids is 1. The van der Waals surface area contributed by atoms with Gasteiger partial charge < -0.3 is 9.80 Å². The summed E-state index contributed by atoms with van der Waals surface area (Å²) in [4.78, 5) is 16.4. The number of hydrogen-bond acceptors (Lipinski definition) is 4. The third kappa shape index (κ3) is 5.11. The Bertz CT molecular complexity index is 1300. The van der Waals surface area contributed by atoms with E-state index in [9.17, 15) is 26.4 Å². The SMILES string of the molecule is CS(=O)(=O)N(CC(=O)N1CCN(c2cccc(C(F)(F)F)c2)CC1)c1cccc2ccccc12. The Balaban J connectivity index is 1.48. The van der Waals surface area contributed by atoms with Gasteiger partial charge in [0.25, 0.3) is 0 Å². The monoisotopic (exact) mass is 491 g/mol. The number of nitrogens with zero attached hydrogens (tertiary/aromatic N) is 3. The van der Waals surface area contributed by atoms with E-state index in [-0.39, 0.29) is 25.5 Å². The van der Waals surface area contributed by atoms with Crippen LogP contribution in [0.5, 0.6) is 0 Å². The van der Waals surface area contributed by atoms with Crippen molar-refractivity contribution < 1.29 is 26.4 Å². The first-order chi connectivity index (χ1) is 16.0. The highest BCUT2D eigenvalue weighted by Gasteiger charge is 2.32. The molecule has 34 heavy (non-hydrogen) atoms. The van der Waals surface area contributed by atoms with Crippen LogP contribution in [0.25, 0.3) is 10.8 Å². The van der Waals surface area contributed by atoms with Crippen LogP contribution in [0.3, 0.4) is 0 Å². The molecule has 1 aliphatic rings. The van der Waals surface area contributed by atoms with Crippen molar-refractivity contribution in [1.82, 2.24) is 4.90 Å². The van der Waals surface area contributed by atoms with Crippen LogP contribution >= 0.6 is 0 Å². The van der Waals surface area contributed by atoms with Crippen LogP contribution < -0.4 is 9.21 Å². The minimum atomic E-state index is -4.43. The van der Waals surface area contributed by atoms with Gasteiger partial charge in [-0.25, -0.2) is 8.42 Å². The van der Waals surface area contributed by atoms with E-state index in [0.717, 1.165) is 33.5 Å². The first kappa shape index (κ1) is 23.9. The Morgan fingerprint density at radius 2 is 1.59 bits per heavy atom. The van der Waals surface area contributed by atoms with Crippen LogP contribution in [-0.2, 0) is 21.0 Å². The summed E-state index contributed by atoms with van der Waals surface area (Å²) in [6.45, 7) is 0.904. The summed E-state index contributed by atoms with van der Waals surface area (Å²) >= 11 is 0. The van der Waals surface area contributed by atoms with Crippen molar-refractivity contribution in [3.63, 3.8) is 0 Å². The molecule has 0 N–H and O–H groups in total. The van der Waals surface area contributed by atoms with Crippen molar-refractivity contribution in [2.24, 2.45) is 0 Å². The van der Waals surface area contributed by atoms with Crippen molar-refractivity contribution in [3.8, 4) is 0 Å². The number of amides is 1. The average molecular weight is 492 g/mol. The molecule has 180 valence electrons. The number of benzene rings is 3. The number of halogens is 3. The second kappa shape index (κ2) is 9.17. The van der Waals surface area contributed by atoms with Gasteiger partial charge in [0.2, 0.25) is 15.9 Å². The highest BCUT2D eigenvalue weighted by atomic mass is 32.2. The summed E-state index contributed by atoms with van der Waals surface area (Å²) < 4.78 is 65.4. The van der Waals surface area contributed by atoms with Crippen molar-refractivity contribution in [1.29, 1.82) is 0 Å². The number of carbonyl (C=O) groups is 1. The van der Waals surface area contributed by atoms with Crippen LogP contribution in [0.1, 0.15) is 5.56 Å². The molecule has 3 aromatic rings. The molecule has 0 unspecified atom stereocenters. The first-order valence-corrected chi connectivity index (χ1v) is 12.5. The maximum atomic E-state index is 13.0. The maximum absolute atomic E-state index is 13.0. The number of fused-ring (bicyclic) bond motifs is 1. The van der Waals surface area contributed by atoms with Gasteiger partial charge in [0.15, 0.2) is 0 Å². The highest BCUT2D eigenvalue weighted by Crippen LogP contribution is 2.32. The standard InChI is InChI=1S/C24H24F3N3O3S/c1-34(32,33)30(22-11-4-7-18-6-2-3-10-21(18)22)17-23(31)29-14-12-28(13-15-29)20-9-5-8-19(16-20)24(25,26)27/h2-11,16H,12-15,17H2,1H3. The van der Waals surface area contributed by atoms with E-state index in [1.165, 1.54) is 6.07 Å². The second-order valence-electron chi connectivity index (χ2n) is 8.18. The van der Waals surface area contributed by atoms with Crippen molar-refractivity contribution >= 4 is 38.1 Å². The van der Waals surface area contributed by atoms with Gasteiger partial charge in [0.05, 0.1) is 17.5 Å². The largest absolute Gasteiger partial charge is 0.416 e. The van der Waals surface area contributed by atoms with Gasteiger partial charge in [-0.1, -0.05) is 42.5 Å². The molecular weight excluding hydrogens is 467 g/mol. The molecule has 0 bridgehead atoms. The molecule has 0 atom stereocenters. The molecule has 4 rings (SSSR count). The van der Waals surface area contributed by atoms with Gasteiger partial charge in [0.1, 0.15) is 6.54 Å². The lowest BCUT2D eigenvalue weighted by molar-refractivity contribution is -0.137. The lowest BCUT2D eigenvalue weighted by Crippen LogP contribution is -2.52. The number of piperazine rings is 1. The van der Waals surface area contributed by atoms with E-state index in [0.29, 0.717) is 24.5 Å². The fraction of sp³-hybridized carbons (Fsp3) is 0.292. The predicted molar refractivity (Wildman–Crippen MR) is 126 cm³/mol. The summed E-state index contributed by atoms with van der Waals surface area (Å²) in [6, 6.07) is 17.7. The molecule has 6 nitrogen and oxygen atoms in total. The minimum Gasteiger partial charge on any atom is -0.368 e.